The van der Waals surface area contributed by atoms with Crippen molar-refractivity contribution in [1.29, 1.82) is 0 Å². The van der Waals surface area contributed by atoms with Crippen molar-refractivity contribution in [3.8, 4) is 11.4 Å². The molecule has 4 aromatic heterocycles. The van der Waals surface area contributed by atoms with Crippen molar-refractivity contribution in [3.05, 3.63) is 68.3 Å². The molecule has 1 aliphatic rings. The number of pyridine rings is 2. The van der Waals surface area contributed by atoms with Crippen LogP contribution in [0.25, 0.3) is 22.6 Å². The molecular weight excluding hydrogens is 446 g/mol. The lowest BCUT2D eigenvalue weighted by Gasteiger charge is -2.09. The molecule has 1 saturated carbocycles. The lowest BCUT2D eigenvalue weighted by molar-refractivity contribution is 0.102. The highest BCUT2D eigenvalue weighted by Gasteiger charge is 2.29. The number of imidazole rings is 1. The summed E-state index contributed by atoms with van der Waals surface area (Å²) >= 11 is 5.76. The number of amides is 1. The quantitative estimate of drug-likeness (QED) is 0.421. The van der Waals surface area contributed by atoms with E-state index in [-0.39, 0.29) is 23.0 Å². The van der Waals surface area contributed by atoms with Gasteiger partial charge in [-0.3, -0.25) is 23.7 Å². The highest BCUT2D eigenvalue weighted by molar-refractivity contribution is 6.29. The zero-order valence-electron chi connectivity index (χ0n) is 17.7. The van der Waals surface area contributed by atoms with E-state index < -0.39 is 5.91 Å². The molecular formula is C22H20ClN7O3. The first kappa shape index (κ1) is 21.1. The van der Waals surface area contributed by atoms with Crippen molar-refractivity contribution in [2.75, 3.05) is 5.32 Å². The van der Waals surface area contributed by atoms with Crippen LogP contribution in [0.3, 0.4) is 0 Å². The number of anilines is 1. The highest BCUT2D eigenvalue weighted by atomic mass is 35.5. The fraction of sp³-hybridized carbons (Fsp3) is 0.273. The molecule has 0 aromatic carbocycles. The Kier molecular flexibility index (Phi) is 5.29. The largest absolute Gasteiger partial charge is 0.333 e. The normalized spacial score (nSPS) is 13.4. The van der Waals surface area contributed by atoms with E-state index in [0.29, 0.717) is 39.9 Å². The number of nitrogens with zero attached hydrogens (tertiary/aromatic N) is 5. The van der Waals surface area contributed by atoms with Gasteiger partial charge in [0, 0.05) is 24.3 Å². The number of fused-ring (bicyclic) bond motifs is 1. The molecule has 4 heterocycles. The SMILES string of the molecule is CCCn1c(=O)n(C2CC2)c(=O)c2[nH]c(-c3ccc(C(=O)Nc4ccc(Cl)nc4)nc3)nc21. The van der Waals surface area contributed by atoms with Crippen LogP contribution in [0.5, 0.6) is 0 Å². The van der Waals surface area contributed by atoms with Crippen molar-refractivity contribution in [1.82, 2.24) is 29.1 Å². The van der Waals surface area contributed by atoms with E-state index >= 15 is 0 Å². The summed E-state index contributed by atoms with van der Waals surface area (Å²) in [5.74, 6) is 0.000594. The second-order valence-electron chi connectivity index (χ2n) is 7.88. The van der Waals surface area contributed by atoms with Gasteiger partial charge in [0.15, 0.2) is 5.65 Å². The number of carbonyl (C=O) groups is 1. The molecule has 1 aliphatic carbocycles. The summed E-state index contributed by atoms with van der Waals surface area (Å²) in [5, 5.41) is 3.02. The minimum absolute atomic E-state index is 0.0421. The Morgan fingerprint density at radius 1 is 1.18 bits per heavy atom. The van der Waals surface area contributed by atoms with Gasteiger partial charge < -0.3 is 10.3 Å². The Morgan fingerprint density at radius 3 is 2.64 bits per heavy atom. The third kappa shape index (κ3) is 3.93. The van der Waals surface area contributed by atoms with Crippen LogP contribution >= 0.6 is 11.6 Å². The Morgan fingerprint density at radius 2 is 2.00 bits per heavy atom. The lowest BCUT2D eigenvalue weighted by Crippen LogP contribution is -2.39. The Labute approximate surface area is 192 Å². The van der Waals surface area contributed by atoms with Gasteiger partial charge in [0.1, 0.15) is 22.2 Å². The Balaban J connectivity index is 1.48. The molecule has 4 aromatic rings. The van der Waals surface area contributed by atoms with Crippen LogP contribution in [-0.4, -0.2) is 35.0 Å². The van der Waals surface area contributed by atoms with Crippen molar-refractivity contribution in [2.24, 2.45) is 0 Å². The molecule has 168 valence electrons. The molecule has 0 unspecified atom stereocenters. The van der Waals surface area contributed by atoms with Crippen LogP contribution < -0.4 is 16.6 Å². The van der Waals surface area contributed by atoms with E-state index in [2.05, 4.69) is 25.3 Å². The number of aryl methyl sites for hydroxylation is 1. The molecule has 0 aliphatic heterocycles. The topological polar surface area (TPSA) is 128 Å². The lowest BCUT2D eigenvalue weighted by atomic mass is 10.2. The van der Waals surface area contributed by atoms with Gasteiger partial charge in [-0.05, 0) is 43.5 Å². The van der Waals surface area contributed by atoms with Gasteiger partial charge in [-0.1, -0.05) is 18.5 Å². The summed E-state index contributed by atoms with van der Waals surface area (Å²) in [7, 11) is 0. The third-order valence-electron chi connectivity index (χ3n) is 5.42. The molecule has 0 radical (unpaired) electrons. The minimum Gasteiger partial charge on any atom is -0.332 e. The Bertz CT molecular complexity index is 1470. The predicted molar refractivity (Wildman–Crippen MR) is 124 cm³/mol. The molecule has 33 heavy (non-hydrogen) atoms. The standard InChI is InChI=1S/C22H20ClN7O3/c1-2-9-29-19-17(21(32)30(22(29)33)14-5-6-14)27-18(28-19)12-3-7-15(24-10-12)20(31)26-13-4-8-16(23)25-11-13/h3-4,7-8,10-11,14H,2,5-6,9H2,1H3,(H,26,31)(H,27,28). The summed E-state index contributed by atoms with van der Waals surface area (Å²) < 4.78 is 2.88. The van der Waals surface area contributed by atoms with E-state index in [4.69, 9.17) is 11.6 Å². The van der Waals surface area contributed by atoms with Crippen molar-refractivity contribution >= 4 is 34.4 Å². The van der Waals surface area contributed by atoms with E-state index in [0.717, 1.165) is 19.3 Å². The van der Waals surface area contributed by atoms with Crippen LogP contribution in [0.15, 0.2) is 46.2 Å². The molecule has 0 bridgehead atoms. The maximum Gasteiger partial charge on any atom is 0.333 e. The number of aromatic amines is 1. The second kappa shape index (κ2) is 8.28. The number of hydrogen-bond acceptors (Lipinski definition) is 6. The van der Waals surface area contributed by atoms with Gasteiger partial charge in [-0.15, -0.1) is 0 Å². The van der Waals surface area contributed by atoms with E-state index in [1.54, 1.807) is 28.8 Å². The van der Waals surface area contributed by atoms with E-state index in [1.165, 1.54) is 17.0 Å². The van der Waals surface area contributed by atoms with Crippen molar-refractivity contribution < 1.29 is 4.79 Å². The maximum absolute atomic E-state index is 13.0. The van der Waals surface area contributed by atoms with Gasteiger partial charge in [0.2, 0.25) is 0 Å². The van der Waals surface area contributed by atoms with Crippen LogP contribution in [0.4, 0.5) is 5.69 Å². The molecule has 0 saturated heterocycles. The molecule has 0 atom stereocenters. The molecule has 0 spiro atoms. The smallest absolute Gasteiger partial charge is 0.332 e. The number of rotatable bonds is 6. The summed E-state index contributed by atoms with van der Waals surface area (Å²) in [4.78, 5) is 54.1. The van der Waals surface area contributed by atoms with Crippen LogP contribution in [0.1, 0.15) is 42.7 Å². The van der Waals surface area contributed by atoms with Gasteiger partial charge in [0.05, 0.1) is 11.9 Å². The zero-order valence-corrected chi connectivity index (χ0v) is 18.5. The fourth-order valence-electron chi connectivity index (χ4n) is 3.67. The van der Waals surface area contributed by atoms with Crippen molar-refractivity contribution in [3.63, 3.8) is 0 Å². The molecule has 2 N–H and O–H groups in total. The summed E-state index contributed by atoms with van der Waals surface area (Å²) in [6.45, 7) is 2.43. The number of halogens is 1. The van der Waals surface area contributed by atoms with Gasteiger partial charge in [-0.2, -0.15) is 0 Å². The number of nitrogens with one attached hydrogen (secondary N) is 2. The monoisotopic (exact) mass is 465 g/mol. The molecule has 1 amide bonds. The maximum atomic E-state index is 13.0. The summed E-state index contributed by atoms with van der Waals surface area (Å²) in [6.07, 6.45) is 5.33. The predicted octanol–water partition coefficient (Wildman–Crippen LogP) is 2.99. The molecule has 11 heteroatoms. The second-order valence-corrected chi connectivity index (χ2v) is 8.27. The van der Waals surface area contributed by atoms with Crippen LogP contribution in [0, 0.1) is 0 Å². The number of aromatic nitrogens is 6. The van der Waals surface area contributed by atoms with E-state index in [1.807, 2.05) is 6.92 Å². The number of hydrogen-bond donors (Lipinski definition) is 2. The first-order valence-corrected chi connectivity index (χ1v) is 11.0. The van der Waals surface area contributed by atoms with E-state index in [9.17, 15) is 14.4 Å². The first-order chi connectivity index (χ1) is 16.0. The first-order valence-electron chi connectivity index (χ1n) is 10.6. The van der Waals surface area contributed by atoms with Crippen molar-refractivity contribution in [2.45, 2.75) is 38.8 Å². The average Bonchev–Trinajstić information content (AvgIpc) is 3.55. The van der Waals surface area contributed by atoms with Gasteiger partial charge >= 0.3 is 5.69 Å². The van der Waals surface area contributed by atoms with Gasteiger partial charge in [-0.25, -0.2) is 14.8 Å². The minimum atomic E-state index is -0.403. The molecule has 10 nitrogen and oxygen atoms in total. The number of carbonyl (C=O) groups excluding carboxylic acids is 1. The fourth-order valence-corrected chi connectivity index (χ4v) is 3.78. The Hall–Kier alpha value is -3.79. The summed E-state index contributed by atoms with van der Waals surface area (Å²) in [6, 6.07) is 6.41. The number of H-pyrrole nitrogens is 1. The third-order valence-corrected chi connectivity index (χ3v) is 5.65. The molecule has 1 fully saturated rings. The van der Waals surface area contributed by atoms with Crippen LogP contribution in [0.2, 0.25) is 5.15 Å². The van der Waals surface area contributed by atoms with Crippen LogP contribution in [-0.2, 0) is 6.54 Å². The van der Waals surface area contributed by atoms with Gasteiger partial charge in [0.25, 0.3) is 11.5 Å². The highest BCUT2D eigenvalue weighted by Crippen LogP contribution is 2.32. The zero-order chi connectivity index (χ0) is 23.1. The summed E-state index contributed by atoms with van der Waals surface area (Å²) in [5.41, 5.74) is 1.22. The molecule has 5 rings (SSSR count). The average molecular weight is 466 g/mol.